The molecule has 1 radical (unpaired) electrons. The van der Waals surface area contributed by atoms with Gasteiger partial charge in [0.05, 0.1) is 0 Å². The molecular formula is C19H20Cl2HfSi-3. The van der Waals surface area contributed by atoms with Crippen LogP contribution in [0.25, 0.3) is 0 Å². The summed E-state index contributed by atoms with van der Waals surface area (Å²) in [6, 6.07) is 21.3. The van der Waals surface area contributed by atoms with E-state index in [9.17, 15) is 0 Å². The summed E-state index contributed by atoms with van der Waals surface area (Å²) in [5.74, 6) is 0. The Balaban J connectivity index is 0. The van der Waals surface area contributed by atoms with E-state index >= 15 is 0 Å². The van der Waals surface area contributed by atoms with E-state index in [0.29, 0.717) is 0 Å². The Hall–Kier alpha value is -0.413. The van der Waals surface area contributed by atoms with E-state index in [1.165, 1.54) is 21.5 Å². The molecule has 0 aliphatic heterocycles. The SMILES string of the molecule is CC1=[C-]CC=C1C.[Cl-].[Cl-].[Hf].c1ccc([SiH]c2ccccc2)cc1. The van der Waals surface area contributed by atoms with Crippen molar-refractivity contribution in [3.8, 4) is 0 Å². The van der Waals surface area contributed by atoms with Gasteiger partial charge in [-0.1, -0.05) is 78.0 Å². The minimum absolute atomic E-state index is 0. The van der Waals surface area contributed by atoms with Gasteiger partial charge in [0.2, 0.25) is 0 Å². The number of rotatable bonds is 2. The molecule has 0 saturated heterocycles. The Morgan fingerprint density at radius 3 is 1.48 bits per heavy atom. The molecule has 23 heavy (non-hydrogen) atoms. The number of allylic oxidation sites excluding steroid dienone is 4. The predicted octanol–water partition coefficient (Wildman–Crippen LogP) is -2.83. The molecule has 0 unspecified atom stereocenters. The van der Waals surface area contributed by atoms with Crippen molar-refractivity contribution >= 4 is 19.9 Å². The summed E-state index contributed by atoms with van der Waals surface area (Å²) in [6.07, 6.45) is 6.41. The fourth-order valence-corrected chi connectivity index (χ4v) is 3.15. The van der Waals surface area contributed by atoms with E-state index in [4.69, 9.17) is 0 Å². The van der Waals surface area contributed by atoms with E-state index in [2.05, 4.69) is 86.7 Å². The minimum Gasteiger partial charge on any atom is -1.00 e. The summed E-state index contributed by atoms with van der Waals surface area (Å²) in [6.45, 7) is 4.22. The molecule has 0 amide bonds. The zero-order valence-electron chi connectivity index (χ0n) is 13.4. The first-order chi connectivity index (χ1) is 9.75. The molecule has 4 heteroatoms. The predicted molar refractivity (Wildman–Crippen MR) is 90.1 cm³/mol. The van der Waals surface area contributed by atoms with Crippen molar-refractivity contribution in [1.29, 1.82) is 0 Å². The van der Waals surface area contributed by atoms with Gasteiger partial charge in [0.1, 0.15) is 9.52 Å². The zero-order chi connectivity index (χ0) is 14.2. The number of halogens is 2. The van der Waals surface area contributed by atoms with Gasteiger partial charge in [-0.3, -0.25) is 6.08 Å². The van der Waals surface area contributed by atoms with Gasteiger partial charge in [0.15, 0.2) is 0 Å². The molecule has 1 aliphatic rings. The maximum atomic E-state index is 3.19. The van der Waals surface area contributed by atoms with E-state index in [1.807, 2.05) is 0 Å². The Morgan fingerprint density at radius 1 is 0.783 bits per heavy atom. The molecule has 0 N–H and O–H groups in total. The third-order valence-electron chi connectivity index (χ3n) is 3.30. The second-order valence-corrected chi connectivity index (χ2v) is 6.48. The van der Waals surface area contributed by atoms with E-state index in [1.54, 1.807) is 0 Å². The molecule has 0 heterocycles. The van der Waals surface area contributed by atoms with Crippen LogP contribution in [0.15, 0.2) is 77.9 Å². The molecule has 1 aliphatic carbocycles. The van der Waals surface area contributed by atoms with Crippen LogP contribution in [0.4, 0.5) is 0 Å². The number of benzene rings is 2. The third-order valence-corrected chi connectivity index (χ3v) is 4.74. The average Bonchev–Trinajstić information content (AvgIpc) is 2.86. The van der Waals surface area contributed by atoms with Crippen molar-refractivity contribution in [2.45, 2.75) is 20.3 Å². The molecule has 0 bridgehead atoms. The minimum atomic E-state index is 0. The molecule has 2 aromatic rings. The molecule has 0 aromatic heterocycles. The zero-order valence-corrected chi connectivity index (χ0v) is 19.7. The molecule has 0 nitrogen and oxygen atoms in total. The quantitative estimate of drug-likeness (QED) is 0.293. The summed E-state index contributed by atoms with van der Waals surface area (Å²) in [7, 11) is 0.271. The van der Waals surface area contributed by atoms with Crippen molar-refractivity contribution in [2.75, 3.05) is 0 Å². The van der Waals surface area contributed by atoms with Gasteiger partial charge in [0.25, 0.3) is 0 Å². The second-order valence-electron chi connectivity index (χ2n) is 4.86. The van der Waals surface area contributed by atoms with Crippen LogP contribution >= 0.6 is 0 Å². The first kappa shape index (κ1) is 24.8. The summed E-state index contributed by atoms with van der Waals surface area (Å²) >= 11 is 0. The Bertz CT molecular complexity index is 542. The Morgan fingerprint density at radius 2 is 1.22 bits per heavy atom. The van der Waals surface area contributed by atoms with Crippen LogP contribution in [-0.4, -0.2) is 9.52 Å². The summed E-state index contributed by atoms with van der Waals surface area (Å²) in [4.78, 5) is 0. The van der Waals surface area contributed by atoms with Gasteiger partial charge in [0, 0.05) is 25.8 Å². The van der Waals surface area contributed by atoms with Crippen molar-refractivity contribution < 1.29 is 50.7 Å². The molecule has 0 atom stereocenters. The number of hydrogen-bond acceptors (Lipinski definition) is 0. The van der Waals surface area contributed by atoms with Gasteiger partial charge in [-0.25, -0.2) is 11.1 Å². The number of hydrogen-bond donors (Lipinski definition) is 0. The van der Waals surface area contributed by atoms with E-state index in [-0.39, 0.29) is 60.2 Å². The second kappa shape index (κ2) is 14.0. The molecule has 2 aromatic carbocycles. The Kier molecular flexibility index (Phi) is 15.1. The van der Waals surface area contributed by atoms with Crippen LogP contribution in [0.5, 0.6) is 0 Å². The largest absolute Gasteiger partial charge is 1.00 e. The standard InChI is InChI=1S/C12H11Si.C7H9.2ClH.Hf/c1-3-7-11(8-4-1)13-12-9-5-2-6-10-12;1-6-4-3-5-7(6)2;;;/h1-10,13H;4H,3H2,1-2H3;2*1H;/q;-1;;;/p-2. The normalized spacial score (nSPS) is 11.4. The third kappa shape index (κ3) is 9.46. The van der Waals surface area contributed by atoms with Crippen LogP contribution < -0.4 is 35.2 Å². The van der Waals surface area contributed by atoms with Crippen molar-refractivity contribution in [1.82, 2.24) is 0 Å². The average molecular weight is 526 g/mol. The molecular weight excluding hydrogens is 506 g/mol. The van der Waals surface area contributed by atoms with Gasteiger partial charge < -0.3 is 24.8 Å². The fourth-order valence-electron chi connectivity index (χ4n) is 1.94. The summed E-state index contributed by atoms with van der Waals surface area (Å²) in [5.41, 5.74) is 2.71. The first-order valence-corrected chi connectivity index (χ1v) is 8.10. The summed E-state index contributed by atoms with van der Waals surface area (Å²) in [5, 5.41) is 2.90. The smallest absolute Gasteiger partial charge is 0.103 e. The van der Waals surface area contributed by atoms with Crippen LogP contribution in [0, 0.1) is 6.08 Å². The Labute approximate surface area is 173 Å². The van der Waals surface area contributed by atoms with Gasteiger partial charge >= 0.3 is 0 Å². The van der Waals surface area contributed by atoms with Crippen LogP contribution in [0.3, 0.4) is 0 Å². The van der Waals surface area contributed by atoms with Crippen molar-refractivity contribution in [3.05, 3.63) is 84.0 Å². The summed E-state index contributed by atoms with van der Waals surface area (Å²) < 4.78 is 0. The van der Waals surface area contributed by atoms with Gasteiger partial charge in [-0.15, -0.1) is 13.3 Å². The van der Waals surface area contributed by atoms with Crippen LogP contribution in [0.2, 0.25) is 0 Å². The van der Waals surface area contributed by atoms with E-state index < -0.39 is 0 Å². The molecule has 0 fully saturated rings. The molecule has 121 valence electrons. The van der Waals surface area contributed by atoms with Gasteiger partial charge in [-0.2, -0.15) is 6.08 Å². The monoisotopic (exact) mass is 526 g/mol. The van der Waals surface area contributed by atoms with Crippen molar-refractivity contribution in [2.24, 2.45) is 0 Å². The maximum absolute atomic E-state index is 3.19. The first-order valence-electron chi connectivity index (χ1n) is 6.95. The molecule has 3 rings (SSSR count). The van der Waals surface area contributed by atoms with Crippen LogP contribution in [-0.2, 0) is 25.8 Å². The van der Waals surface area contributed by atoms with Crippen molar-refractivity contribution in [3.63, 3.8) is 0 Å². The van der Waals surface area contributed by atoms with Gasteiger partial charge in [-0.05, 0) is 0 Å². The van der Waals surface area contributed by atoms with E-state index in [0.717, 1.165) is 6.42 Å². The van der Waals surface area contributed by atoms with Crippen LogP contribution in [0.1, 0.15) is 20.3 Å². The maximum Gasteiger partial charge on any atom is 0.103 e. The molecule has 0 spiro atoms. The fraction of sp³-hybridized carbons (Fsp3) is 0.158. The molecule has 0 saturated carbocycles. The topological polar surface area (TPSA) is 0 Å².